The molecule has 0 heterocycles. The molecular formula is C11H22N2O. The normalized spacial score (nSPS) is 32.9. The molecule has 0 aliphatic heterocycles. The molecule has 0 atom stereocenters. The molecule has 0 unspecified atom stereocenters. The van der Waals surface area contributed by atoms with E-state index in [-0.39, 0.29) is 5.91 Å². The molecule has 1 rings (SSSR count). The molecule has 14 heavy (non-hydrogen) atoms. The lowest BCUT2D eigenvalue weighted by molar-refractivity contribution is -0.126. The lowest BCUT2D eigenvalue weighted by atomic mass is 9.76. The third-order valence-electron chi connectivity index (χ3n) is 3.31. The van der Waals surface area contributed by atoms with Gasteiger partial charge in [0.2, 0.25) is 5.91 Å². The summed E-state index contributed by atoms with van der Waals surface area (Å²) < 4.78 is 0. The highest BCUT2D eigenvalue weighted by Crippen LogP contribution is 2.31. The van der Waals surface area contributed by atoms with E-state index in [0.29, 0.717) is 0 Å². The fraction of sp³-hybridized carbons (Fsp3) is 0.909. The molecule has 1 saturated carbocycles. The molecular weight excluding hydrogens is 176 g/mol. The Morgan fingerprint density at radius 1 is 1.50 bits per heavy atom. The van der Waals surface area contributed by atoms with Crippen LogP contribution in [0.2, 0.25) is 0 Å². The summed E-state index contributed by atoms with van der Waals surface area (Å²) in [7, 11) is 0. The van der Waals surface area contributed by atoms with E-state index in [0.717, 1.165) is 44.6 Å². The third kappa shape index (κ3) is 2.47. The van der Waals surface area contributed by atoms with E-state index in [4.69, 9.17) is 5.73 Å². The van der Waals surface area contributed by atoms with Gasteiger partial charge >= 0.3 is 0 Å². The van der Waals surface area contributed by atoms with Crippen LogP contribution in [0.4, 0.5) is 0 Å². The first kappa shape index (κ1) is 11.5. The molecule has 0 aromatic carbocycles. The summed E-state index contributed by atoms with van der Waals surface area (Å²) in [4.78, 5) is 11.4. The van der Waals surface area contributed by atoms with Gasteiger partial charge in [-0.15, -0.1) is 0 Å². The van der Waals surface area contributed by atoms with Crippen LogP contribution in [0.25, 0.3) is 0 Å². The van der Waals surface area contributed by atoms with Crippen LogP contribution in [0.1, 0.15) is 46.0 Å². The molecule has 3 heteroatoms. The van der Waals surface area contributed by atoms with Crippen LogP contribution in [0, 0.1) is 5.92 Å². The monoisotopic (exact) mass is 198 g/mol. The van der Waals surface area contributed by atoms with Crippen LogP contribution in [-0.2, 0) is 4.79 Å². The predicted molar refractivity (Wildman–Crippen MR) is 57.9 cm³/mol. The van der Waals surface area contributed by atoms with Gasteiger partial charge in [-0.1, -0.05) is 13.8 Å². The van der Waals surface area contributed by atoms with Gasteiger partial charge in [0, 0.05) is 0 Å². The first-order chi connectivity index (χ1) is 6.60. The highest BCUT2D eigenvalue weighted by molar-refractivity contribution is 5.84. The molecule has 1 amide bonds. The quantitative estimate of drug-likeness (QED) is 0.718. The van der Waals surface area contributed by atoms with Crippen LogP contribution >= 0.6 is 0 Å². The van der Waals surface area contributed by atoms with Crippen molar-refractivity contribution in [1.29, 1.82) is 0 Å². The Bertz CT molecular complexity index is 190. The number of rotatable bonds is 4. The van der Waals surface area contributed by atoms with E-state index in [2.05, 4.69) is 19.2 Å². The highest BCUT2D eigenvalue weighted by Gasteiger charge is 2.38. The van der Waals surface area contributed by atoms with E-state index >= 15 is 0 Å². The van der Waals surface area contributed by atoms with Crippen molar-refractivity contribution in [2.24, 2.45) is 11.7 Å². The van der Waals surface area contributed by atoms with Gasteiger partial charge in [-0.25, -0.2) is 0 Å². The minimum absolute atomic E-state index is 0.169. The van der Waals surface area contributed by atoms with Gasteiger partial charge < -0.3 is 11.1 Å². The van der Waals surface area contributed by atoms with Gasteiger partial charge in [0.1, 0.15) is 0 Å². The van der Waals surface area contributed by atoms with Crippen molar-refractivity contribution in [2.45, 2.75) is 51.5 Å². The summed E-state index contributed by atoms with van der Waals surface area (Å²) in [6.45, 7) is 5.23. The van der Waals surface area contributed by atoms with E-state index in [1.165, 1.54) is 0 Å². The van der Waals surface area contributed by atoms with Crippen molar-refractivity contribution in [1.82, 2.24) is 5.32 Å². The fourth-order valence-electron chi connectivity index (χ4n) is 2.13. The van der Waals surface area contributed by atoms with Gasteiger partial charge in [0.15, 0.2) is 0 Å². The number of carbonyl (C=O) groups is 1. The van der Waals surface area contributed by atoms with E-state index in [1.807, 2.05) is 0 Å². The molecule has 0 aromatic rings. The van der Waals surface area contributed by atoms with Crippen molar-refractivity contribution in [3.8, 4) is 0 Å². The molecule has 0 radical (unpaired) electrons. The molecule has 1 fully saturated rings. The van der Waals surface area contributed by atoms with Gasteiger partial charge in [0.05, 0.1) is 5.54 Å². The topological polar surface area (TPSA) is 55.1 Å². The molecule has 3 N–H and O–H groups in total. The van der Waals surface area contributed by atoms with Crippen molar-refractivity contribution in [3.05, 3.63) is 0 Å². The molecule has 1 aliphatic carbocycles. The Morgan fingerprint density at radius 2 is 2.07 bits per heavy atom. The van der Waals surface area contributed by atoms with E-state index in [1.54, 1.807) is 0 Å². The predicted octanol–water partition coefficient (Wildman–Crippen LogP) is 1.42. The number of nitrogens with two attached hydrogens (primary N) is 1. The fourth-order valence-corrected chi connectivity index (χ4v) is 2.13. The SMILES string of the molecule is CCCNC1(C(N)=O)CCC(C)CC1. The summed E-state index contributed by atoms with van der Waals surface area (Å²) >= 11 is 0. The summed E-state index contributed by atoms with van der Waals surface area (Å²) in [6, 6.07) is 0. The first-order valence-corrected chi connectivity index (χ1v) is 5.65. The maximum Gasteiger partial charge on any atom is 0.237 e. The van der Waals surface area contributed by atoms with E-state index < -0.39 is 5.54 Å². The molecule has 0 bridgehead atoms. The zero-order chi connectivity index (χ0) is 10.6. The lowest BCUT2D eigenvalue weighted by Gasteiger charge is -2.37. The Hall–Kier alpha value is -0.570. The molecule has 3 nitrogen and oxygen atoms in total. The summed E-state index contributed by atoms with van der Waals surface area (Å²) in [6.07, 6.45) is 5.08. The van der Waals surface area contributed by atoms with Crippen LogP contribution in [0.3, 0.4) is 0 Å². The number of primary amides is 1. The van der Waals surface area contributed by atoms with Crippen molar-refractivity contribution in [2.75, 3.05) is 6.54 Å². The van der Waals surface area contributed by atoms with Gasteiger partial charge in [-0.2, -0.15) is 0 Å². The highest BCUT2D eigenvalue weighted by atomic mass is 16.1. The van der Waals surface area contributed by atoms with Crippen molar-refractivity contribution < 1.29 is 4.79 Å². The standard InChI is InChI=1S/C11H22N2O/c1-3-8-13-11(10(12)14)6-4-9(2)5-7-11/h9,13H,3-8H2,1-2H3,(H2,12,14). The number of nitrogens with one attached hydrogen (secondary N) is 1. The zero-order valence-corrected chi connectivity index (χ0v) is 9.31. The average molecular weight is 198 g/mol. The van der Waals surface area contributed by atoms with Crippen LogP contribution in [0.15, 0.2) is 0 Å². The van der Waals surface area contributed by atoms with Crippen molar-refractivity contribution >= 4 is 5.91 Å². The maximum absolute atomic E-state index is 11.4. The van der Waals surface area contributed by atoms with Crippen molar-refractivity contribution in [3.63, 3.8) is 0 Å². The molecule has 1 aliphatic rings. The summed E-state index contributed by atoms with van der Waals surface area (Å²) in [5, 5.41) is 3.33. The average Bonchev–Trinajstić information content (AvgIpc) is 2.17. The Balaban J connectivity index is 2.58. The minimum atomic E-state index is -0.400. The van der Waals surface area contributed by atoms with E-state index in [9.17, 15) is 4.79 Å². The summed E-state index contributed by atoms with van der Waals surface area (Å²) in [5.41, 5.74) is 5.09. The van der Waals surface area contributed by atoms with Gasteiger partial charge in [-0.05, 0) is 44.6 Å². The molecule has 82 valence electrons. The zero-order valence-electron chi connectivity index (χ0n) is 9.31. The second-order valence-corrected chi connectivity index (χ2v) is 4.56. The molecule has 0 spiro atoms. The van der Waals surface area contributed by atoms with Crippen LogP contribution in [-0.4, -0.2) is 18.0 Å². The van der Waals surface area contributed by atoms with Crippen LogP contribution in [0.5, 0.6) is 0 Å². The molecule has 0 saturated heterocycles. The lowest BCUT2D eigenvalue weighted by Crippen LogP contribution is -2.57. The van der Waals surface area contributed by atoms with Gasteiger partial charge in [-0.3, -0.25) is 4.79 Å². The second-order valence-electron chi connectivity index (χ2n) is 4.56. The smallest absolute Gasteiger partial charge is 0.237 e. The Morgan fingerprint density at radius 3 is 2.50 bits per heavy atom. The minimum Gasteiger partial charge on any atom is -0.368 e. The number of hydrogen-bond acceptors (Lipinski definition) is 2. The first-order valence-electron chi connectivity index (χ1n) is 5.65. The maximum atomic E-state index is 11.4. The summed E-state index contributed by atoms with van der Waals surface area (Å²) in [5.74, 6) is 0.573. The number of amides is 1. The third-order valence-corrected chi connectivity index (χ3v) is 3.31. The number of carbonyl (C=O) groups excluding carboxylic acids is 1. The second kappa shape index (κ2) is 4.78. The molecule has 0 aromatic heterocycles. The van der Waals surface area contributed by atoms with Crippen LogP contribution < -0.4 is 11.1 Å². The van der Waals surface area contributed by atoms with Gasteiger partial charge in [0.25, 0.3) is 0 Å². The number of hydrogen-bond donors (Lipinski definition) is 2. The Kier molecular flexibility index (Phi) is 3.93. The Labute approximate surface area is 86.4 Å². The largest absolute Gasteiger partial charge is 0.368 e.